The molecule has 1 heterocycles. The maximum Gasteiger partial charge on any atom is 0.137 e. The van der Waals surface area contributed by atoms with Crippen molar-refractivity contribution in [3.8, 4) is 44.5 Å². The molecule has 1 aliphatic rings. The van der Waals surface area contributed by atoms with Crippen molar-refractivity contribution < 1.29 is 4.42 Å². The average Bonchev–Trinajstić information content (AvgIpc) is 3.70. The zero-order valence-electron chi connectivity index (χ0n) is 29.8. The minimum Gasteiger partial charge on any atom is -0.456 e. The first-order valence-electron chi connectivity index (χ1n) is 18.3. The Labute approximate surface area is 310 Å². The number of furan rings is 1. The highest BCUT2D eigenvalue weighted by atomic mass is 16.3. The Morgan fingerprint density at radius 3 is 1.45 bits per heavy atom. The summed E-state index contributed by atoms with van der Waals surface area (Å²) in [6, 6.07) is 67.7. The van der Waals surface area contributed by atoms with Crippen LogP contribution in [0, 0.1) is 0 Å². The fourth-order valence-corrected chi connectivity index (χ4v) is 8.38. The lowest BCUT2D eigenvalue weighted by Crippen LogP contribution is -2.16. The van der Waals surface area contributed by atoms with Gasteiger partial charge in [-0.1, -0.05) is 159 Å². The number of benzene rings is 8. The lowest BCUT2D eigenvalue weighted by Gasteiger charge is -2.30. The smallest absolute Gasteiger partial charge is 0.137 e. The van der Waals surface area contributed by atoms with Crippen LogP contribution in [0.3, 0.4) is 0 Å². The first-order chi connectivity index (χ1) is 26.0. The van der Waals surface area contributed by atoms with E-state index < -0.39 is 0 Å². The molecule has 10 rings (SSSR count). The third-order valence-electron chi connectivity index (χ3n) is 11.1. The van der Waals surface area contributed by atoms with Crippen molar-refractivity contribution >= 4 is 39.0 Å². The Balaban J connectivity index is 1.27. The van der Waals surface area contributed by atoms with Gasteiger partial charge in [0.2, 0.25) is 0 Å². The monoisotopic (exact) mass is 679 g/mol. The molecule has 0 radical (unpaired) electrons. The molecule has 1 aromatic heterocycles. The number of anilines is 3. The van der Waals surface area contributed by atoms with Crippen LogP contribution in [0.5, 0.6) is 0 Å². The summed E-state index contributed by atoms with van der Waals surface area (Å²) in [4.78, 5) is 2.46. The molecular formula is C51H37NO. The van der Waals surface area contributed by atoms with Gasteiger partial charge in [-0.15, -0.1) is 0 Å². The van der Waals surface area contributed by atoms with Crippen LogP contribution >= 0.6 is 0 Å². The summed E-state index contributed by atoms with van der Waals surface area (Å²) in [7, 11) is 0. The molecule has 0 spiro atoms. The summed E-state index contributed by atoms with van der Waals surface area (Å²) in [6.07, 6.45) is 0. The van der Waals surface area contributed by atoms with Crippen molar-refractivity contribution in [3.05, 3.63) is 199 Å². The highest BCUT2D eigenvalue weighted by Crippen LogP contribution is 2.58. The van der Waals surface area contributed by atoms with Crippen LogP contribution in [0.2, 0.25) is 0 Å². The van der Waals surface area contributed by atoms with E-state index in [0.717, 1.165) is 44.6 Å². The third kappa shape index (κ3) is 5.10. The molecule has 2 nitrogen and oxygen atoms in total. The van der Waals surface area contributed by atoms with E-state index in [1.54, 1.807) is 0 Å². The Bertz CT molecular complexity index is 2680. The summed E-state index contributed by atoms with van der Waals surface area (Å²) in [6.45, 7) is 4.69. The Kier molecular flexibility index (Phi) is 7.19. The van der Waals surface area contributed by atoms with Crippen LogP contribution in [-0.2, 0) is 5.41 Å². The van der Waals surface area contributed by atoms with Crippen molar-refractivity contribution in [3.63, 3.8) is 0 Å². The van der Waals surface area contributed by atoms with Crippen LogP contribution in [0.15, 0.2) is 192 Å². The molecule has 252 valence electrons. The number of nitrogens with zero attached hydrogens (tertiary/aromatic N) is 1. The van der Waals surface area contributed by atoms with Crippen molar-refractivity contribution in [2.75, 3.05) is 4.90 Å². The minimum absolute atomic E-state index is 0.219. The highest BCUT2D eigenvalue weighted by molar-refractivity contribution is 6.19. The standard InChI is InChI=1S/C51H37NO/c1-51(2)44-21-13-12-20-42(44)48-45(51)33-47-49(43-31-26-39(32-46(43)53-47)36-18-10-5-11-19-36)50(48)52(40-27-22-37(23-28-40)34-14-6-3-7-15-34)41-29-24-38(25-30-41)35-16-8-4-9-17-35/h3-33H,1-2H3. The molecule has 0 amide bonds. The van der Waals surface area contributed by atoms with Gasteiger partial charge in [0.25, 0.3) is 0 Å². The van der Waals surface area contributed by atoms with E-state index in [1.807, 2.05) is 0 Å². The van der Waals surface area contributed by atoms with E-state index in [-0.39, 0.29) is 5.41 Å². The van der Waals surface area contributed by atoms with Gasteiger partial charge in [-0.05, 0) is 92.5 Å². The SMILES string of the molecule is CC1(C)c2ccccc2-c2c1cc1oc3cc(-c4ccccc4)ccc3c1c2N(c1ccc(-c2ccccc2)cc1)c1ccc(-c2ccccc2)cc1. The molecule has 2 heteroatoms. The molecule has 0 unspecified atom stereocenters. The summed E-state index contributed by atoms with van der Waals surface area (Å²) in [5, 5.41) is 2.22. The lowest BCUT2D eigenvalue weighted by molar-refractivity contribution is 0.647. The molecule has 0 bridgehead atoms. The molecule has 9 aromatic rings. The lowest BCUT2D eigenvalue weighted by atomic mass is 9.82. The van der Waals surface area contributed by atoms with Gasteiger partial charge >= 0.3 is 0 Å². The van der Waals surface area contributed by atoms with E-state index in [4.69, 9.17) is 4.42 Å². The van der Waals surface area contributed by atoms with E-state index in [9.17, 15) is 0 Å². The fourth-order valence-electron chi connectivity index (χ4n) is 8.38. The maximum absolute atomic E-state index is 6.92. The van der Waals surface area contributed by atoms with Gasteiger partial charge in [-0.25, -0.2) is 0 Å². The van der Waals surface area contributed by atoms with Gasteiger partial charge in [0.15, 0.2) is 0 Å². The van der Waals surface area contributed by atoms with Crippen LogP contribution < -0.4 is 4.90 Å². The number of rotatable bonds is 6. The Morgan fingerprint density at radius 2 is 0.887 bits per heavy atom. The molecule has 0 atom stereocenters. The molecule has 0 aliphatic heterocycles. The van der Waals surface area contributed by atoms with E-state index >= 15 is 0 Å². The second kappa shape index (κ2) is 12.3. The van der Waals surface area contributed by atoms with Gasteiger partial charge in [0.1, 0.15) is 11.2 Å². The average molecular weight is 680 g/mol. The summed E-state index contributed by atoms with van der Waals surface area (Å²) < 4.78 is 6.92. The van der Waals surface area contributed by atoms with Crippen LogP contribution in [0.4, 0.5) is 17.1 Å². The van der Waals surface area contributed by atoms with Crippen LogP contribution in [0.25, 0.3) is 66.4 Å². The van der Waals surface area contributed by atoms with E-state index in [0.29, 0.717) is 0 Å². The fraction of sp³-hybridized carbons (Fsp3) is 0.0588. The number of hydrogen-bond donors (Lipinski definition) is 0. The first kappa shape index (κ1) is 31.1. The molecule has 1 aliphatic carbocycles. The van der Waals surface area contributed by atoms with Crippen LogP contribution in [-0.4, -0.2) is 0 Å². The second-order valence-corrected chi connectivity index (χ2v) is 14.5. The zero-order valence-corrected chi connectivity index (χ0v) is 29.8. The van der Waals surface area contributed by atoms with Crippen molar-refractivity contribution in [1.82, 2.24) is 0 Å². The van der Waals surface area contributed by atoms with Crippen LogP contribution in [0.1, 0.15) is 25.0 Å². The Morgan fingerprint density at radius 1 is 0.415 bits per heavy atom. The van der Waals surface area contributed by atoms with Crippen molar-refractivity contribution in [2.24, 2.45) is 0 Å². The predicted octanol–water partition coefficient (Wildman–Crippen LogP) is 14.4. The molecule has 53 heavy (non-hydrogen) atoms. The molecule has 0 N–H and O–H groups in total. The summed E-state index contributed by atoms with van der Waals surface area (Å²) >= 11 is 0. The molecule has 8 aromatic carbocycles. The highest BCUT2D eigenvalue weighted by Gasteiger charge is 2.40. The largest absolute Gasteiger partial charge is 0.456 e. The Hall–Kier alpha value is -6.64. The van der Waals surface area contributed by atoms with E-state index in [2.05, 4.69) is 207 Å². The van der Waals surface area contributed by atoms with Gasteiger partial charge in [0.05, 0.1) is 11.1 Å². The molecular weight excluding hydrogens is 643 g/mol. The van der Waals surface area contributed by atoms with Crippen molar-refractivity contribution in [1.29, 1.82) is 0 Å². The summed E-state index contributed by atoms with van der Waals surface area (Å²) in [5.74, 6) is 0. The quantitative estimate of drug-likeness (QED) is 0.174. The topological polar surface area (TPSA) is 16.4 Å². The first-order valence-corrected chi connectivity index (χ1v) is 18.3. The predicted molar refractivity (Wildman–Crippen MR) is 222 cm³/mol. The van der Waals surface area contributed by atoms with Gasteiger partial charge in [-0.3, -0.25) is 0 Å². The third-order valence-corrected chi connectivity index (χ3v) is 11.1. The minimum atomic E-state index is -0.219. The molecule has 0 saturated carbocycles. The second-order valence-electron chi connectivity index (χ2n) is 14.5. The number of hydrogen-bond acceptors (Lipinski definition) is 2. The van der Waals surface area contributed by atoms with Gasteiger partial charge in [-0.2, -0.15) is 0 Å². The molecule has 0 fully saturated rings. The maximum atomic E-state index is 6.92. The summed E-state index contributed by atoms with van der Waals surface area (Å²) in [5.41, 5.74) is 17.1. The zero-order chi connectivity index (χ0) is 35.5. The van der Waals surface area contributed by atoms with Gasteiger partial charge in [0, 0.05) is 27.7 Å². The van der Waals surface area contributed by atoms with Gasteiger partial charge < -0.3 is 9.32 Å². The molecule has 0 saturated heterocycles. The normalized spacial score (nSPS) is 12.9. The van der Waals surface area contributed by atoms with Crippen molar-refractivity contribution in [2.45, 2.75) is 19.3 Å². The van der Waals surface area contributed by atoms with E-state index in [1.165, 1.54) is 50.1 Å². The number of fused-ring (bicyclic) bond motifs is 6.